The number of ether oxygens (including phenoxy) is 8. The smallest absolute Gasteiger partial charge is 0.335 e. The highest BCUT2D eigenvalue weighted by atomic mass is 28.4. The minimum Gasteiger partial charge on any atom is -0.392 e. The molecule has 10 nitrogen and oxygen atoms in total. The summed E-state index contributed by atoms with van der Waals surface area (Å²) >= 11 is 0. The van der Waals surface area contributed by atoms with Crippen molar-refractivity contribution in [2.24, 2.45) is 0 Å². The van der Waals surface area contributed by atoms with Crippen LogP contribution in [0.15, 0.2) is 0 Å². The van der Waals surface area contributed by atoms with Crippen molar-refractivity contribution in [3.63, 3.8) is 0 Å². The molecule has 2 atom stereocenters. The zero-order chi connectivity index (χ0) is 27.0. The third-order valence-electron chi connectivity index (χ3n) is 6.39. The molecule has 0 aromatic carbocycles. The second-order valence-corrected chi connectivity index (χ2v) is 13.2. The minimum atomic E-state index is -2.51. The zero-order valence-corrected chi connectivity index (χ0v) is 25.0. The molecule has 2 rings (SSSR count). The largest absolute Gasteiger partial charge is 0.392 e. The average molecular weight is 567 g/mol. The fraction of sp³-hybridized carbons (Fsp3) is 1.00. The SMILES string of the molecule is CCCCCCCC[Si](C)(OCC1COCCOCCOCCO1)OCC1COCCOCCOCCO1. The summed E-state index contributed by atoms with van der Waals surface area (Å²) in [7, 11) is -2.51. The molecule has 0 radical (unpaired) electrons. The number of hydrogen-bond donors (Lipinski definition) is 0. The van der Waals surface area contributed by atoms with Crippen LogP contribution >= 0.6 is 0 Å². The summed E-state index contributed by atoms with van der Waals surface area (Å²) in [5.74, 6) is 0. The van der Waals surface area contributed by atoms with Gasteiger partial charge in [0, 0.05) is 0 Å². The summed E-state index contributed by atoms with van der Waals surface area (Å²) in [4.78, 5) is 0. The molecule has 0 spiro atoms. The van der Waals surface area contributed by atoms with Crippen molar-refractivity contribution in [2.45, 2.75) is 70.2 Å². The summed E-state index contributed by atoms with van der Waals surface area (Å²) in [5, 5.41) is 0. The van der Waals surface area contributed by atoms with Gasteiger partial charge in [0.2, 0.25) is 0 Å². The van der Waals surface area contributed by atoms with Crippen molar-refractivity contribution in [2.75, 3.05) is 106 Å². The van der Waals surface area contributed by atoms with Crippen molar-refractivity contribution in [3.8, 4) is 0 Å². The van der Waals surface area contributed by atoms with E-state index in [9.17, 15) is 0 Å². The molecule has 226 valence electrons. The van der Waals surface area contributed by atoms with E-state index in [0.29, 0.717) is 106 Å². The molecule has 2 heterocycles. The standard InChI is InChI=1S/C27H54O10Si/c1-3-4-5-6-7-8-21-38(2,36-24-26-22-32-15-13-28-9-11-30-17-19-34-26)37-25-27-23-33-16-14-29-10-12-31-18-20-35-27/h26-27H,3-25H2,1-2H3. The normalized spacial score (nSPS) is 25.7. The molecule has 11 heteroatoms. The highest BCUT2D eigenvalue weighted by Crippen LogP contribution is 2.21. The Hall–Kier alpha value is -0.183. The molecule has 2 fully saturated rings. The number of rotatable bonds is 13. The Morgan fingerprint density at radius 2 is 0.921 bits per heavy atom. The van der Waals surface area contributed by atoms with Crippen LogP contribution in [0.3, 0.4) is 0 Å². The second kappa shape index (κ2) is 23.5. The van der Waals surface area contributed by atoms with Crippen molar-refractivity contribution in [1.82, 2.24) is 0 Å². The first-order valence-corrected chi connectivity index (χ1v) is 17.2. The van der Waals surface area contributed by atoms with Crippen molar-refractivity contribution in [3.05, 3.63) is 0 Å². The lowest BCUT2D eigenvalue weighted by Gasteiger charge is -2.31. The van der Waals surface area contributed by atoms with E-state index in [1.54, 1.807) is 0 Å². The summed E-state index contributed by atoms with van der Waals surface area (Å²) in [5.41, 5.74) is 0. The van der Waals surface area contributed by atoms with Gasteiger partial charge in [-0.3, -0.25) is 0 Å². The maximum absolute atomic E-state index is 6.55. The molecule has 38 heavy (non-hydrogen) atoms. The summed E-state index contributed by atoms with van der Waals surface area (Å²) in [6.45, 7) is 12.6. The van der Waals surface area contributed by atoms with E-state index in [2.05, 4.69) is 13.5 Å². The van der Waals surface area contributed by atoms with Gasteiger partial charge in [0.25, 0.3) is 0 Å². The molecule has 0 bridgehead atoms. The van der Waals surface area contributed by atoms with Crippen LogP contribution in [0.1, 0.15) is 45.4 Å². The molecule has 0 aromatic heterocycles. The molecule has 0 aliphatic carbocycles. The van der Waals surface area contributed by atoms with Crippen LogP contribution in [0.2, 0.25) is 12.6 Å². The Morgan fingerprint density at radius 1 is 0.526 bits per heavy atom. The first-order valence-electron chi connectivity index (χ1n) is 14.7. The van der Waals surface area contributed by atoms with Crippen molar-refractivity contribution >= 4 is 8.56 Å². The van der Waals surface area contributed by atoms with E-state index in [-0.39, 0.29) is 12.2 Å². The minimum absolute atomic E-state index is 0.184. The Balaban J connectivity index is 1.88. The van der Waals surface area contributed by atoms with E-state index >= 15 is 0 Å². The second-order valence-electron chi connectivity index (χ2n) is 9.86. The van der Waals surface area contributed by atoms with Gasteiger partial charge in [-0.05, 0) is 12.6 Å². The first kappa shape index (κ1) is 34.0. The number of hydrogen-bond acceptors (Lipinski definition) is 10. The lowest BCUT2D eigenvalue weighted by Crippen LogP contribution is -2.45. The predicted octanol–water partition coefficient (Wildman–Crippen LogP) is 3.35. The van der Waals surface area contributed by atoms with Gasteiger partial charge in [0.05, 0.1) is 106 Å². The molecular formula is C27H54O10Si. The van der Waals surface area contributed by atoms with Crippen LogP contribution < -0.4 is 0 Å². The molecule has 2 aliphatic heterocycles. The molecule has 0 aromatic rings. The number of unbranched alkanes of at least 4 members (excludes halogenated alkanes) is 5. The van der Waals surface area contributed by atoms with E-state index < -0.39 is 8.56 Å². The summed E-state index contributed by atoms with van der Waals surface area (Å²) in [6, 6.07) is 0.925. The van der Waals surface area contributed by atoms with Crippen LogP contribution in [0.5, 0.6) is 0 Å². The summed E-state index contributed by atoms with van der Waals surface area (Å²) < 4.78 is 58.9. The Labute approximate surface area is 231 Å². The maximum atomic E-state index is 6.55. The van der Waals surface area contributed by atoms with Crippen LogP contribution in [-0.4, -0.2) is 126 Å². The topological polar surface area (TPSA) is 92.3 Å². The van der Waals surface area contributed by atoms with Gasteiger partial charge in [0.15, 0.2) is 0 Å². The zero-order valence-electron chi connectivity index (χ0n) is 24.0. The lowest BCUT2D eigenvalue weighted by atomic mass is 10.1. The van der Waals surface area contributed by atoms with E-state index in [0.717, 1.165) is 12.5 Å². The van der Waals surface area contributed by atoms with Crippen molar-refractivity contribution < 1.29 is 46.7 Å². The van der Waals surface area contributed by atoms with Gasteiger partial charge >= 0.3 is 8.56 Å². The predicted molar refractivity (Wildman–Crippen MR) is 146 cm³/mol. The summed E-state index contributed by atoms with van der Waals surface area (Å²) in [6.07, 6.45) is 6.99. The molecule has 2 aliphatic rings. The van der Waals surface area contributed by atoms with Crippen LogP contribution in [0.4, 0.5) is 0 Å². The van der Waals surface area contributed by atoms with E-state index in [1.807, 2.05) is 0 Å². The van der Waals surface area contributed by atoms with Crippen LogP contribution in [0, 0.1) is 0 Å². The van der Waals surface area contributed by atoms with Crippen molar-refractivity contribution in [1.29, 1.82) is 0 Å². The Morgan fingerprint density at radius 3 is 1.39 bits per heavy atom. The highest BCUT2D eigenvalue weighted by Gasteiger charge is 2.33. The van der Waals surface area contributed by atoms with Gasteiger partial charge < -0.3 is 46.7 Å². The fourth-order valence-corrected chi connectivity index (χ4v) is 6.44. The molecule has 0 saturated carbocycles. The van der Waals surface area contributed by atoms with E-state index in [1.165, 1.54) is 32.1 Å². The maximum Gasteiger partial charge on any atom is 0.335 e. The fourth-order valence-electron chi connectivity index (χ4n) is 4.10. The molecule has 2 unspecified atom stereocenters. The van der Waals surface area contributed by atoms with Gasteiger partial charge in [-0.2, -0.15) is 0 Å². The third kappa shape index (κ3) is 18.2. The van der Waals surface area contributed by atoms with Gasteiger partial charge in [-0.25, -0.2) is 0 Å². The molecule has 0 N–H and O–H groups in total. The quantitative estimate of drug-likeness (QED) is 0.244. The average Bonchev–Trinajstić information content (AvgIpc) is 2.90. The first-order chi connectivity index (χ1) is 18.7. The van der Waals surface area contributed by atoms with Gasteiger partial charge in [0.1, 0.15) is 12.2 Å². The van der Waals surface area contributed by atoms with Gasteiger partial charge in [-0.15, -0.1) is 0 Å². The Kier molecular flexibility index (Phi) is 21.1. The third-order valence-corrected chi connectivity index (χ3v) is 9.21. The molecular weight excluding hydrogens is 512 g/mol. The lowest BCUT2D eigenvalue weighted by molar-refractivity contribution is -0.0882. The van der Waals surface area contributed by atoms with E-state index in [4.69, 9.17) is 46.7 Å². The Bertz CT molecular complexity index is 472. The van der Waals surface area contributed by atoms with Crippen LogP contribution in [0.25, 0.3) is 0 Å². The van der Waals surface area contributed by atoms with Crippen LogP contribution in [-0.2, 0) is 46.7 Å². The molecule has 0 amide bonds. The van der Waals surface area contributed by atoms with Gasteiger partial charge in [-0.1, -0.05) is 45.4 Å². The molecule has 2 saturated heterocycles. The monoisotopic (exact) mass is 566 g/mol. The highest BCUT2D eigenvalue weighted by molar-refractivity contribution is 6.66.